The first-order valence-corrected chi connectivity index (χ1v) is 12.1. The molecule has 0 bridgehead atoms. The zero-order chi connectivity index (χ0) is 22.8. The van der Waals surface area contributed by atoms with Gasteiger partial charge in [-0.2, -0.15) is 0 Å². The molecule has 0 saturated carbocycles. The van der Waals surface area contributed by atoms with E-state index in [1.165, 1.54) is 11.3 Å². The average Bonchev–Trinajstić information content (AvgIpc) is 3.07. The molecule has 32 heavy (non-hydrogen) atoms. The second-order valence-electron chi connectivity index (χ2n) is 7.17. The van der Waals surface area contributed by atoms with Crippen LogP contribution in [0.5, 0.6) is 5.75 Å². The highest BCUT2D eigenvalue weighted by Gasteiger charge is 2.33. The van der Waals surface area contributed by atoms with E-state index in [0.29, 0.717) is 26.2 Å². The lowest BCUT2D eigenvalue weighted by atomic mass is 9.96. The fraction of sp³-hybridized carbons (Fsp3) is 0.208. The van der Waals surface area contributed by atoms with E-state index >= 15 is 0 Å². The van der Waals surface area contributed by atoms with Crippen LogP contribution in [-0.4, -0.2) is 28.5 Å². The molecule has 2 heterocycles. The molecule has 0 fully saturated rings. The van der Waals surface area contributed by atoms with Crippen LogP contribution in [0.1, 0.15) is 31.0 Å². The van der Waals surface area contributed by atoms with Crippen molar-refractivity contribution in [1.82, 2.24) is 4.57 Å². The molecule has 6 nitrogen and oxygen atoms in total. The maximum absolute atomic E-state index is 13.5. The number of aromatic nitrogens is 1. The number of carbonyl (C=O) groups is 1. The number of phenolic OH excluding ortho intramolecular Hbond substituents is 1. The number of thiazole rings is 1. The normalized spacial score (nSPS) is 16.0. The van der Waals surface area contributed by atoms with Gasteiger partial charge in [-0.25, -0.2) is 9.79 Å². The monoisotopic (exact) mass is 466 g/mol. The van der Waals surface area contributed by atoms with Gasteiger partial charge in [0.25, 0.3) is 5.56 Å². The predicted molar refractivity (Wildman–Crippen MR) is 127 cm³/mol. The van der Waals surface area contributed by atoms with E-state index in [0.717, 1.165) is 10.5 Å². The highest BCUT2D eigenvalue weighted by atomic mass is 32.2. The molecule has 1 atom stereocenters. The number of nitrogens with zero attached hydrogens (tertiary/aromatic N) is 2. The van der Waals surface area contributed by atoms with Crippen LogP contribution in [0.25, 0.3) is 6.08 Å². The predicted octanol–water partition coefficient (Wildman–Crippen LogP) is 3.23. The molecule has 1 N–H and O–H groups in total. The first-order valence-electron chi connectivity index (χ1n) is 10.1. The molecular formula is C24H22N2O4S2. The van der Waals surface area contributed by atoms with Crippen LogP contribution in [0, 0.1) is 0 Å². The standard InChI is InChI=1S/C24H22N2O4S2/c1-4-30-23(29)20-14(2)25-24-26(21(20)16-8-10-18(31-3)11-9-16)22(28)19(32-24)13-15-6-5-7-17(27)12-15/h5-13,21,27H,4H2,1-3H3/b19-13+. The van der Waals surface area contributed by atoms with Crippen LogP contribution < -0.4 is 14.9 Å². The summed E-state index contributed by atoms with van der Waals surface area (Å²) >= 11 is 2.88. The van der Waals surface area contributed by atoms with Crippen LogP contribution in [0.4, 0.5) is 0 Å². The number of allylic oxidation sites excluding steroid dienone is 1. The van der Waals surface area contributed by atoms with Gasteiger partial charge in [-0.05, 0) is 61.6 Å². The van der Waals surface area contributed by atoms with Crippen molar-refractivity contribution < 1.29 is 14.6 Å². The third kappa shape index (κ3) is 4.16. The lowest BCUT2D eigenvalue weighted by Crippen LogP contribution is -2.39. The zero-order valence-corrected chi connectivity index (χ0v) is 19.5. The van der Waals surface area contributed by atoms with Gasteiger partial charge in [-0.1, -0.05) is 35.6 Å². The van der Waals surface area contributed by atoms with Gasteiger partial charge in [0.2, 0.25) is 0 Å². The van der Waals surface area contributed by atoms with Crippen molar-refractivity contribution in [3.63, 3.8) is 0 Å². The number of benzene rings is 2. The summed E-state index contributed by atoms with van der Waals surface area (Å²) < 4.78 is 7.34. The van der Waals surface area contributed by atoms with Gasteiger partial charge in [0.1, 0.15) is 5.75 Å². The van der Waals surface area contributed by atoms with Crippen molar-refractivity contribution in [3.8, 4) is 5.75 Å². The van der Waals surface area contributed by atoms with Crippen molar-refractivity contribution in [2.45, 2.75) is 24.8 Å². The average molecular weight is 467 g/mol. The molecule has 3 aromatic rings. The number of hydrogen-bond acceptors (Lipinski definition) is 7. The fourth-order valence-electron chi connectivity index (χ4n) is 3.66. The summed E-state index contributed by atoms with van der Waals surface area (Å²) in [5.74, 6) is -0.353. The smallest absolute Gasteiger partial charge is 0.338 e. The summed E-state index contributed by atoms with van der Waals surface area (Å²) in [4.78, 5) is 32.5. The molecule has 0 spiro atoms. The summed E-state index contributed by atoms with van der Waals surface area (Å²) in [6.45, 7) is 3.75. The molecule has 8 heteroatoms. The van der Waals surface area contributed by atoms with Gasteiger partial charge in [0, 0.05) is 4.90 Å². The quantitative estimate of drug-likeness (QED) is 0.461. The second kappa shape index (κ2) is 9.18. The van der Waals surface area contributed by atoms with Crippen LogP contribution in [0.15, 0.2) is 74.5 Å². The van der Waals surface area contributed by atoms with E-state index < -0.39 is 12.0 Å². The Hall–Kier alpha value is -3.10. The van der Waals surface area contributed by atoms with Crippen molar-refractivity contribution in [2.24, 2.45) is 4.99 Å². The molecule has 0 radical (unpaired) electrons. The van der Waals surface area contributed by atoms with Crippen LogP contribution >= 0.6 is 23.1 Å². The van der Waals surface area contributed by atoms with Gasteiger partial charge in [0.05, 0.1) is 28.5 Å². The summed E-state index contributed by atoms with van der Waals surface area (Å²) in [7, 11) is 0. The highest BCUT2D eigenvalue weighted by Crippen LogP contribution is 2.31. The third-order valence-electron chi connectivity index (χ3n) is 5.12. The molecule has 4 rings (SSSR count). The number of esters is 1. The third-order valence-corrected chi connectivity index (χ3v) is 6.84. The summed E-state index contributed by atoms with van der Waals surface area (Å²) in [6, 6.07) is 13.9. The maximum atomic E-state index is 13.5. The minimum absolute atomic E-state index is 0.124. The molecule has 1 unspecified atom stereocenters. The molecule has 164 valence electrons. The van der Waals surface area contributed by atoms with Crippen LogP contribution in [0.2, 0.25) is 0 Å². The van der Waals surface area contributed by atoms with E-state index in [4.69, 9.17) is 4.74 Å². The SMILES string of the molecule is CCOC(=O)C1=C(C)N=c2s/c(=C/c3cccc(O)c3)c(=O)n2C1c1ccc(SC)cc1. The number of phenols is 1. The van der Waals surface area contributed by atoms with E-state index in [1.807, 2.05) is 36.6 Å². The Morgan fingerprint density at radius 3 is 2.69 bits per heavy atom. The summed E-state index contributed by atoms with van der Waals surface area (Å²) in [5, 5.41) is 9.76. The number of thioether (sulfide) groups is 1. The molecule has 0 aliphatic carbocycles. The minimum atomic E-state index is -0.632. The Morgan fingerprint density at radius 1 is 1.28 bits per heavy atom. The van der Waals surface area contributed by atoms with Gasteiger partial charge in [-0.15, -0.1) is 11.8 Å². The Labute approximate surface area is 193 Å². The van der Waals surface area contributed by atoms with Gasteiger partial charge >= 0.3 is 5.97 Å². The number of carbonyl (C=O) groups excluding carboxylic acids is 1. The lowest BCUT2D eigenvalue weighted by Gasteiger charge is -2.24. The van der Waals surface area contributed by atoms with Crippen molar-refractivity contribution in [3.05, 3.63) is 90.6 Å². The number of rotatable bonds is 5. The van der Waals surface area contributed by atoms with Gasteiger partial charge in [0.15, 0.2) is 4.80 Å². The summed E-state index contributed by atoms with van der Waals surface area (Å²) in [5.41, 5.74) is 2.17. The second-order valence-corrected chi connectivity index (χ2v) is 9.06. The lowest BCUT2D eigenvalue weighted by molar-refractivity contribution is -0.139. The molecular weight excluding hydrogens is 444 g/mol. The number of ether oxygens (including phenoxy) is 1. The van der Waals surface area contributed by atoms with Crippen molar-refractivity contribution in [2.75, 3.05) is 12.9 Å². The van der Waals surface area contributed by atoms with E-state index in [9.17, 15) is 14.7 Å². The molecule has 0 saturated heterocycles. The first-order chi connectivity index (χ1) is 15.4. The highest BCUT2D eigenvalue weighted by molar-refractivity contribution is 7.98. The fourth-order valence-corrected chi connectivity index (χ4v) is 5.11. The Bertz CT molecular complexity index is 1380. The van der Waals surface area contributed by atoms with E-state index in [2.05, 4.69) is 4.99 Å². The van der Waals surface area contributed by atoms with Gasteiger partial charge < -0.3 is 9.84 Å². The minimum Gasteiger partial charge on any atom is -0.508 e. The Kier molecular flexibility index (Phi) is 6.34. The number of fused-ring (bicyclic) bond motifs is 1. The molecule has 1 aromatic heterocycles. The van der Waals surface area contributed by atoms with E-state index in [1.54, 1.807) is 54.5 Å². The molecule has 2 aromatic carbocycles. The van der Waals surface area contributed by atoms with Gasteiger partial charge in [-0.3, -0.25) is 9.36 Å². The molecule has 0 amide bonds. The van der Waals surface area contributed by atoms with Crippen LogP contribution in [-0.2, 0) is 9.53 Å². The first kappa shape index (κ1) is 22.1. The Balaban J connectivity index is 1.94. The van der Waals surface area contributed by atoms with Crippen molar-refractivity contribution >= 4 is 35.1 Å². The number of aromatic hydroxyl groups is 1. The Morgan fingerprint density at radius 2 is 2.03 bits per heavy atom. The number of hydrogen-bond donors (Lipinski definition) is 1. The molecule has 1 aliphatic rings. The largest absolute Gasteiger partial charge is 0.508 e. The molecule has 1 aliphatic heterocycles. The zero-order valence-electron chi connectivity index (χ0n) is 17.9. The summed E-state index contributed by atoms with van der Waals surface area (Å²) in [6.07, 6.45) is 3.72. The van der Waals surface area contributed by atoms with Crippen molar-refractivity contribution in [1.29, 1.82) is 0 Å². The maximum Gasteiger partial charge on any atom is 0.338 e. The topological polar surface area (TPSA) is 80.9 Å². The van der Waals surface area contributed by atoms with Crippen LogP contribution in [0.3, 0.4) is 0 Å². The van der Waals surface area contributed by atoms with E-state index in [-0.39, 0.29) is 17.9 Å².